The van der Waals surface area contributed by atoms with Gasteiger partial charge in [0.1, 0.15) is 0 Å². The Hall–Kier alpha value is -2.53. The van der Waals surface area contributed by atoms with E-state index in [0.717, 1.165) is 5.56 Å². The molecule has 0 atom stereocenters. The number of aryl methyl sites for hydroxylation is 1. The Balaban J connectivity index is 2.25. The van der Waals surface area contributed by atoms with Crippen LogP contribution < -0.4 is 11.1 Å². The number of halogens is 1. The highest BCUT2D eigenvalue weighted by Gasteiger charge is 2.12. The second kappa shape index (κ2) is 5.85. The van der Waals surface area contributed by atoms with E-state index in [-0.39, 0.29) is 17.2 Å². The minimum absolute atomic E-state index is 0.0631. The predicted octanol–water partition coefficient (Wildman–Crippen LogP) is 3.18. The minimum Gasteiger partial charge on any atom is -0.478 e. The Morgan fingerprint density at radius 1 is 1.19 bits per heavy atom. The third-order valence-electron chi connectivity index (χ3n) is 2.98. The molecule has 2 aromatic carbocycles. The molecule has 21 heavy (non-hydrogen) atoms. The highest BCUT2D eigenvalue weighted by Crippen LogP contribution is 2.22. The second-order valence-electron chi connectivity index (χ2n) is 4.52. The van der Waals surface area contributed by atoms with Crippen LogP contribution in [0.5, 0.6) is 0 Å². The van der Waals surface area contributed by atoms with E-state index in [1.807, 2.05) is 0 Å². The predicted molar refractivity (Wildman–Crippen MR) is 82.0 cm³/mol. The standard InChI is InChI=1S/C15H13ClN2O3/c1-8-6-10(16)3-4-11(8)14(19)18-13-5-2-9(15(20)21)7-12(13)17/h2-7H,17H2,1H3,(H,18,19)(H,20,21). The number of hydrogen-bond acceptors (Lipinski definition) is 3. The van der Waals surface area contributed by atoms with Crippen molar-refractivity contribution in [2.75, 3.05) is 11.1 Å². The van der Waals surface area contributed by atoms with Gasteiger partial charge >= 0.3 is 5.97 Å². The van der Waals surface area contributed by atoms with E-state index in [1.54, 1.807) is 25.1 Å². The number of nitrogen functional groups attached to an aromatic ring is 1. The highest BCUT2D eigenvalue weighted by molar-refractivity contribution is 6.30. The maximum atomic E-state index is 12.2. The van der Waals surface area contributed by atoms with Gasteiger partial charge in [0.05, 0.1) is 16.9 Å². The van der Waals surface area contributed by atoms with Gasteiger partial charge in [0.2, 0.25) is 0 Å². The molecule has 0 saturated heterocycles. The van der Waals surface area contributed by atoms with Crippen LogP contribution in [0.1, 0.15) is 26.3 Å². The lowest BCUT2D eigenvalue weighted by Crippen LogP contribution is -2.14. The monoisotopic (exact) mass is 304 g/mol. The third-order valence-corrected chi connectivity index (χ3v) is 3.21. The Bertz CT molecular complexity index is 729. The Kier molecular flexibility index (Phi) is 4.14. The molecule has 2 rings (SSSR count). The smallest absolute Gasteiger partial charge is 0.335 e. The number of rotatable bonds is 3. The van der Waals surface area contributed by atoms with E-state index >= 15 is 0 Å². The number of anilines is 2. The number of benzene rings is 2. The van der Waals surface area contributed by atoms with Crippen molar-refractivity contribution < 1.29 is 14.7 Å². The Morgan fingerprint density at radius 2 is 1.90 bits per heavy atom. The van der Waals surface area contributed by atoms with Crippen LogP contribution in [0.2, 0.25) is 5.02 Å². The van der Waals surface area contributed by atoms with Crippen LogP contribution in [-0.4, -0.2) is 17.0 Å². The first-order valence-electron chi connectivity index (χ1n) is 6.09. The molecule has 0 saturated carbocycles. The largest absolute Gasteiger partial charge is 0.478 e. The topological polar surface area (TPSA) is 92.4 Å². The van der Waals surface area contributed by atoms with Crippen LogP contribution in [0, 0.1) is 6.92 Å². The number of carboxylic acids is 1. The number of amides is 1. The summed E-state index contributed by atoms with van der Waals surface area (Å²) in [6.07, 6.45) is 0. The van der Waals surface area contributed by atoms with Crippen molar-refractivity contribution in [1.29, 1.82) is 0 Å². The van der Waals surface area contributed by atoms with Gasteiger partial charge in [-0.25, -0.2) is 4.79 Å². The van der Waals surface area contributed by atoms with Crippen LogP contribution in [0.15, 0.2) is 36.4 Å². The summed E-state index contributed by atoms with van der Waals surface area (Å²) in [5, 5.41) is 12.1. The molecule has 5 nitrogen and oxygen atoms in total. The van der Waals surface area contributed by atoms with E-state index in [1.165, 1.54) is 18.2 Å². The number of aromatic carboxylic acids is 1. The summed E-state index contributed by atoms with van der Waals surface area (Å²) in [7, 11) is 0. The zero-order chi connectivity index (χ0) is 15.6. The summed E-state index contributed by atoms with van der Waals surface area (Å²) in [5.74, 6) is -1.41. The summed E-state index contributed by atoms with van der Waals surface area (Å²) < 4.78 is 0. The molecular formula is C15H13ClN2O3. The van der Waals surface area contributed by atoms with Crippen molar-refractivity contribution in [3.8, 4) is 0 Å². The zero-order valence-electron chi connectivity index (χ0n) is 11.2. The van der Waals surface area contributed by atoms with Crippen molar-refractivity contribution in [3.05, 3.63) is 58.1 Å². The molecule has 4 N–H and O–H groups in total. The van der Waals surface area contributed by atoms with Crippen LogP contribution in [0.3, 0.4) is 0 Å². The third kappa shape index (κ3) is 3.32. The molecule has 0 aliphatic heterocycles. The first-order chi connectivity index (χ1) is 9.88. The van der Waals surface area contributed by atoms with Crippen molar-refractivity contribution in [3.63, 3.8) is 0 Å². The lowest BCUT2D eigenvalue weighted by atomic mass is 10.1. The molecule has 108 valence electrons. The number of nitrogens with two attached hydrogens (primary N) is 1. The van der Waals surface area contributed by atoms with Crippen molar-refractivity contribution in [2.24, 2.45) is 0 Å². The zero-order valence-corrected chi connectivity index (χ0v) is 11.9. The number of carbonyl (C=O) groups is 2. The van der Waals surface area contributed by atoms with Gasteiger partial charge in [-0.3, -0.25) is 4.79 Å². The van der Waals surface area contributed by atoms with Gasteiger partial charge in [-0.2, -0.15) is 0 Å². The van der Waals surface area contributed by atoms with E-state index in [0.29, 0.717) is 16.3 Å². The number of carboxylic acid groups (broad SMARTS) is 1. The molecule has 0 aromatic heterocycles. The number of hydrogen-bond donors (Lipinski definition) is 3. The lowest BCUT2D eigenvalue weighted by molar-refractivity contribution is 0.0697. The first-order valence-corrected chi connectivity index (χ1v) is 6.46. The normalized spacial score (nSPS) is 10.2. The fraction of sp³-hybridized carbons (Fsp3) is 0.0667. The summed E-state index contributed by atoms with van der Waals surface area (Å²) in [6, 6.07) is 9.07. The number of carbonyl (C=O) groups excluding carboxylic acids is 1. The quantitative estimate of drug-likeness (QED) is 0.759. The maximum Gasteiger partial charge on any atom is 0.335 e. The van der Waals surface area contributed by atoms with Crippen LogP contribution >= 0.6 is 11.6 Å². The molecular weight excluding hydrogens is 292 g/mol. The van der Waals surface area contributed by atoms with E-state index < -0.39 is 5.97 Å². The van der Waals surface area contributed by atoms with Crippen molar-refractivity contribution in [2.45, 2.75) is 6.92 Å². The molecule has 0 bridgehead atoms. The minimum atomic E-state index is -1.08. The molecule has 0 unspecified atom stereocenters. The molecule has 0 fully saturated rings. The van der Waals surface area contributed by atoms with Gasteiger partial charge < -0.3 is 16.2 Å². The van der Waals surface area contributed by atoms with Crippen molar-refractivity contribution >= 4 is 34.9 Å². The molecule has 2 aromatic rings. The first kappa shape index (κ1) is 14.9. The average molecular weight is 305 g/mol. The van der Waals surface area contributed by atoms with Gasteiger partial charge in [0.15, 0.2) is 0 Å². The molecule has 0 aliphatic rings. The van der Waals surface area contributed by atoms with Crippen LogP contribution in [0.4, 0.5) is 11.4 Å². The SMILES string of the molecule is Cc1cc(Cl)ccc1C(=O)Nc1ccc(C(=O)O)cc1N. The molecule has 6 heteroatoms. The lowest BCUT2D eigenvalue weighted by Gasteiger charge is -2.10. The van der Waals surface area contributed by atoms with Gasteiger partial charge in [-0.15, -0.1) is 0 Å². The van der Waals surface area contributed by atoms with Gasteiger partial charge in [0.25, 0.3) is 5.91 Å². The highest BCUT2D eigenvalue weighted by atomic mass is 35.5. The van der Waals surface area contributed by atoms with E-state index in [4.69, 9.17) is 22.4 Å². The molecule has 0 heterocycles. The van der Waals surface area contributed by atoms with Gasteiger partial charge in [-0.1, -0.05) is 11.6 Å². The molecule has 1 amide bonds. The summed E-state index contributed by atoms with van der Waals surface area (Å²) in [5.41, 5.74) is 7.57. The molecule has 0 aliphatic carbocycles. The summed E-state index contributed by atoms with van der Waals surface area (Å²) >= 11 is 5.85. The second-order valence-corrected chi connectivity index (χ2v) is 4.96. The fourth-order valence-electron chi connectivity index (χ4n) is 1.88. The summed E-state index contributed by atoms with van der Waals surface area (Å²) in [6.45, 7) is 1.78. The average Bonchev–Trinajstić information content (AvgIpc) is 2.40. The number of nitrogens with one attached hydrogen (secondary N) is 1. The van der Waals surface area contributed by atoms with Crippen molar-refractivity contribution in [1.82, 2.24) is 0 Å². The molecule has 0 radical (unpaired) electrons. The van der Waals surface area contributed by atoms with E-state index in [2.05, 4.69) is 5.32 Å². The van der Waals surface area contributed by atoms with Gasteiger partial charge in [-0.05, 0) is 48.9 Å². The van der Waals surface area contributed by atoms with Gasteiger partial charge in [0, 0.05) is 10.6 Å². The fourth-order valence-corrected chi connectivity index (χ4v) is 2.11. The van der Waals surface area contributed by atoms with E-state index in [9.17, 15) is 9.59 Å². The maximum absolute atomic E-state index is 12.2. The van der Waals surface area contributed by atoms with Crippen LogP contribution in [0.25, 0.3) is 0 Å². The van der Waals surface area contributed by atoms with Crippen LogP contribution in [-0.2, 0) is 0 Å². The summed E-state index contributed by atoms with van der Waals surface area (Å²) in [4.78, 5) is 23.0. The molecule has 0 spiro atoms. The Morgan fingerprint density at radius 3 is 2.48 bits per heavy atom. The Labute approximate surface area is 126 Å².